The van der Waals surface area contributed by atoms with E-state index in [1.807, 2.05) is 11.9 Å². The summed E-state index contributed by atoms with van der Waals surface area (Å²) in [6.07, 6.45) is 4.08. The van der Waals surface area contributed by atoms with E-state index in [1.54, 1.807) is 12.0 Å². The van der Waals surface area contributed by atoms with Gasteiger partial charge in [-0.3, -0.25) is 14.5 Å². The van der Waals surface area contributed by atoms with Crippen LogP contribution < -0.4 is 0 Å². The number of nitrogens with zero attached hydrogens (tertiary/aromatic N) is 3. The van der Waals surface area contributed by atoms with Crippen molar-refractivity contribution >= 4 is 11.8 Å². The fourth-order valence-electron chi connectivity index (χ4n) is 3.97. The fourth-order valence-corrected chi connectivity index (χ4v) is 3.97. The zero-order valence-corrected chi connectivity index (χ0v) is 13.7. The first-order valence-corrected chi connectivity index (χ1v) is 8.40. The van der Waals surface area contributed by atoms with Crippen LogP contribution in [0, 0.1) is 5.92 Å². The van der Waals surface area contributed by atoms with Crippen LogP contribution in [0.2, 0.25) is 0 Å². The predicted molar refractivity (Wildman–Crippen MR) is 82.3 cm³/mol. The minimum absolute atomic E-state index is 0.120. The molecule has 2 heterocycles. The lowest BCUT2D eigenvalue weighted by Gasteiger charge is -2.46. The Bertz CT molecular complexity index is 434. The van der Waals surface area contributed by atoms with Crippen molar-refractivity contribution in [3.05, 3.63) is 0 Å². The first-order valence-electron chi connectivity index (χ1n) is 8.40. The number of rotatable bonds is 2. The highest BCUT2D eigenvalue weighted by atomic mass is 16.5. The van der Waals surface area contributed by atoms with Crippen molar-refractivity contribution in [1.29, 1.82) is 0 Å². The summed E-state index contributed by atoms with van der Waals surface area (Å²) in [5.41, 5.74) is 0. The third-order valence-corrected chi connectivity index (χ3v) is 5.54. The summed E-state index contributed by atoms with van der Waals surface area (Å²) in [6.45, 7) is 3.87. The molecule has 0 aromatic carbocycles. The second-order valence-corrected chi connectivity index (χ2v) is 6.81. The van der Waals surface area contributed by atoms with Gasteiger partial charge in [0.05, 0.1) is 6.10 Å². The van der Waals surface area contributed by atoms with E-state index in [-0.39, 0.29) is 23.8 Å². The number of carbonyl (C=O) groups excluding carboxylic acids is 2. The van der Waals surface area contributed by atoms with E-state index in [2.05, 4.69) is 4.90 Å². The summed E-state index contributed by atoms with van der Waals surface area (Å²) in [5.74, 6) is 0.524. The van der Waals surface area contributed by atoms with Crippen molar-refractivity contribution < 1.29 is 14.3 Å². The Hall–Kier alpha value is -1.14. The van der Waals surface area contributed by atoms with E-state index in [4.69, 9.17) is 4.74 Å². The molecular formula is C16H27N3O3. The molecule has 0 aromatic rings. The number of ether oxygens (including phenoxy) is 1. The van der Waals surface area contributed by atoms with Crippen molar-refractivity contribution in [2.45, 2.75) is 37.8 Å². The number of hydrogen-bond acceptors (Lipinski definition) is 4. The van der Waals surface area contributed by atoms with Gasteiger partial charge in [0.25, 0.3) is 0 Å². The highest BCUT2D eigenvalue weighted by molar-refractivity contribution is 5.85. The molecule has 3 aliphatic rings. The van der Waals surface area contributed by atoms with Crippen LogP contribution in [0.5, 0.6) is 0 Å². The van der Waals surface area contributed by atoms with Crippen LogP contribution in [0.15, 0.2) is 0 Å². The molecular weight excluding hydrogens is 282 g/mol. The van der Waals surface area contributed by atoms with Crippen molar-refractivity contribution in [2.75, 3.05) is 46.9 Å². The normalized spacial score (nSPS) is 33.7. The van der Waals surface area contributed by atoms with Gasteiger partial charge >= 0.3 is 0 Å². The summed E-state index contributed by atoms with van der Waals surface area (Å²) in [5, 5.41) is 0. The van der Waals surface area contributed by atoms with Gasteiger partial charge in [0, 0.05) is 52.8 Å². The Morgan fingerprint density at radius 3 is 2.45 bits per heavy atom. The van der Waals surface area contributed by atoms with E-state index in [1.165, 1.54) is 0 Å². The second-order valence-electron chi connectivity index (χ2n) is 6.81. The molecule has 22 heavy (non-hydrogen) atoms. The standard InChI is InChI=1S/C16H27N3O3/c1-17-7-8-18-9-10-19(11-14(18)16(17)21)15(20)12-3-5-13(22-2)6-4-12/h12-14H,3-11H2,1-2H3/t12?,13?,14-/m1/s1. The van der Waals surface area contributed by atoms with Gasteiger partial charge in [0.2, 0.25) is 11.8 Å². The molecule has 3 rings (SSSR count). The molecule has 2 amide bonds. The molecule has 6 heteroatoms. The summed E-state index contributed by atoms with van der Waals surface area (Å²) < 4.78 is 5.38. The highest BCUT2D eigenvalue weighted by Gasteiger charge is 2.40. The van der Waals surface area contributed by atoms with Gasteiger partial charge in [-0.25, -0.2) is 0 Å². The molecule has 2 saturated heterocycles. The average Bonchev–Trinajstić information content (AvgIpc) is 2.57. The molecule has 124 valence electrons. The molecule has 0 bridgehead atoms. The maximum atomic E-state index is 12.8. The number of likely N-dealkylation sites (N-methyl/N-ethyl adjacent to an activating group) is 1. The van der Waals surface area contributed by atoms with Crippen LogP contribution in [0.25, 0.3) is 0 Å². The van der Waals surface area contributed by atoms with E-state index in [9.17, 15) is 9.59 Å². The molecule has 1 aliphatic carbocycles. The van der Waals surface area contributed by atoms with Crippen LogP contribution in [0.3, 0.4) is 0 Å². The second kappa shape index (κ2) is 6.54. The van der Waals surface area contributed by atoms with Gasteiger partial charge in [-0.15, -0.1) is 0 Å². The molecule has 1 atom stereocenters. The fraction of sp³-hybridized carbons (Fsp3) is 0.875. The van der Waals surface area contributed by atoms with Crippen LogP contribution in [0.1, 0.15) is 25.7 Å². The lowest BCUT2D eigenvalue weighted by molar-refractivity contribution is -0.149. The molecule has 1 saturated carbocycles. The monoisotopic (exact) mass is 309 g/mol. The molecule has 0 spiro atoms. The zero-order chi connectivity index (χ0) is 15.7. The van der Waals surface area contributed by atoms with Crippen molar-refractivity contribution in [3.63, 3.8) is 0 Å². The Kier molecular flexibility index (Phi) is 4.68. The van der Waals surface area contributed by atoms with Gasteiger partial charge in [0.15, 0.2) is 0 Å². The molecule has 2 aliphatic heterocycles. The van der Waals surface area contributed by atoms with Crippen molar-refractivity contribution in [1.82, 2.24) is 14.7 Å². The number of methoxy groups -OCH3 is 1. The lowest BCUT2D eigenvalue weighted by atomic mass is 9.86. The van der Waals surface area contributed by atoms with Crippen LogP contribution in [-0.2, 0) is 14.3 Å². The van der Waals surface area contributed by atoms with Gasteiger partial charge in [0.1, 0.15) is 6.04 Å². The van der Waals surface area contributed by atoms with Gasteiger partial charge in [-0.2, -0.15) is 0 Å². The largest absolute Gasteiger partial charge is 0.381 e. The Morgan fingerprint density at radius 2 is 1.77 bits per heavy atom. The number of hydrogen-bond donors (Lipinski definition) is 0. The minimum Gasteiger partial charge on any atom is -0.381 e. The summed E-state index contributed by atoms with van der Waals surface area (Å²) in [4.78, 5) is 31.0. The maximum absolute atomic E-state index is 12.8. The van der Waals surface area contributed by atoms with E-state index in [0.717, 1.165) is 51.9 Å². The van der Waals surface area contributed by atoms with E-state index in [0.29, 0.717) is 12.6 Å². The summed E-state index contributed by atoms with van der Waals surface area (Å²) in [7, 11) is 3.60. The van der Waals surface area contributed by atoms with Gasteiger partial charge < -0.3 is 14.5 Å². The third kappa shape index (κ3) is 2.99. The predicted octanol–water partition coefficient (Wildman–Crippen LogP) is 0.176. The van der Waals surface area contributed by atoms with Crippen molar-refractivity contribution in [3.8, 4) is 0 Å². The Balaban J connectivity index is 1.59. The van der Waals surface area contributed by atoms with E-state index >= 15 is 0 Å². The van der Waals surface area contributed by atoms with Gasteiger partial charge in [-0.05, 0) is 25.7 Å². The molecule has 3 fully saturated rings. The molecule has 0 radical (unpaired) electrons. The first-order chi connectivity index (χ1) is 10.6. The Labute approximate surface area is 132 Å². The summed E-state index contributed by atoms with van der Waals surface area (Å²) >= 11 is 0. The van der Waals surface area contributed by atoms with E-state index < -0.39 is 0 Å². The third-order valence-electron chi connectivity index (χ3n) is 5.54. The molecule has 6 nitrogen and oxygen atoms in total. The highest BCUT2D eigenvalue weighted by Crippen LogP contribution is 2.28. The smallest absolute Gasteiger partial charge is 0.241 e. The number of amides is 2. The van der Waals surface area contributed by atoms with Crippen LogP contribution in [0.4, 0.5) is 0 Å². The maximum Gasteiger partial charge on any atom is 0.241 e. The van der Waals surface area contributed by atoms with Crippen LogP contribution in [-0.4, -0.2) is 85.5 Å². The minimum atomic E-state index is -0.133. The molecule has 0 unspecified atom stereocenters. The molecule has 0 aromatic heterocycles. The lowest BCUT2D eigenvalue weighted by Crippen LogP contribution is -2.65. The topological polar surface area (TPSA) is 53.1 Å². The number of fused-ring (bicyclic) bond motifs is 1. The number of carbonyl (C=O) groups is 2. The number of piperazine rings is 2. The quantitative estimate of drug-likeness (QED) is 0.730. The van der Waals surface area contributed by atoms with Gasteiger partial charge in [-0.1, -0.05) is 0 Å². The zero-order valence-electron chi connectivity index (χ0n) is 13.7. The SMILES string of the molecule is COC1CCC(C(=O)N2CCN3CCN(C)C(=O)[C@H]3C2)CC1. The molecule has 0 N–H and O–H groups in total. The van der Waals surface area contributed by atoms with Crippen LogP contribution >= 0.6 is 0 Å². The average molecular weight is 309 g/mol. The first kappa shape index (κ1) is 15.7. The summed E-state index contributed by atoms with van der Waals surface area (Å²) in [6, 6.07) is -0.133. The Morgan fingerprint density at radius 1 is 1.09 bits per heavy atom. The van der Waals surface area contributed by atoms with Crippen molar-refractivity contribution in [2.24, 2.45) is 5.92 Å².